The van der Waals surface area contributed by atoms with Gasteiger partial charge in [-0.15, -0.1) is 0 Å². The fourth-order valence-corrected chi connectivity index (χ4v) is 7.23. The molecule has 51 heavy (non-hydrogen) atoms. The molecule has 2 heteroatoms. The van der Waals surface area contributed by atoms with Crippen molar-refractivity contribution in [3.05, 3.63) is 202 Å². The van der Waals surface area contributed by atoms with E-state index in [9.17, 15) is 0 Å². The summed E-state index contributed by atoms with van der Waals surface area (Å²) in [5.41, 5.74) is 15.0. The Morgan fingerprint density at radius 2 is 0.686 bits per heavy atom. The van der Waals surface area contributed by atoms with Crippen molar-refractivity contribution in [1.82, 2.24) is 0 Å². The van der Waals surface area contributed by atoms with Gasteiger partial charge < -0.3 is 0 Å². The van der Waals surface area contributed by atoms with E-state index < -0.39 is 0 Å². The summed E-state index contributed by atoms with van der Waals surface area (Å²) in [7, 11) is 0. The molecule has 0 N–H and O–H groups in total. The second-order valence-electron chi connectivity index (χ2n) is 14.3. The zero-order valence-corrected chi connectivity index (χ0v) is 31.1. The molecule has 0 unspecified atom stereocenters. The van der Waals surface area contributed by atoms with Crippen molar-refractivity contribution in [3.63, 3.8) is 0 Å². The summed E-state index contributed by atoms with van der Waals surface area (Å²) in [6, 6.07) is 54.8. The molecular formula is C49H50N2. The third-order valence-corrected chi connectivity index (χ3v) is 9.89. The molecule has 0 radical (unpaired) electrons. The quantitative estimate of drug-likeness (QED) is 0.0971. The van der Waals surface area contributed by atoms with Gasteiger partial charge >= 0.3 is 0 Å². The van der Waals surface area contributed by atoms with Crippen molar-refractivity contribution >= 4 is 22.8 Å². The molecule has 6 aromatic carbocycles. The van der Waals surface area contributed by atoms with E-state index >= 15 is 0 Å². The highest BCUT2D eigenvalue weighted by Crippen LogP contribution is 2.45. The van der Waals surface area contributed by atoms with Crippen LogP contribution in [0.1, 0.15) is 115 Å². The van der Waals surface area contributed by atoms with Crippen LogP contribution in [0, 0.1) is 6.92 Å². The molecule has 0 saturated heterocycles. The zero-order valence-electron chi connectivity index (χ0n) is 31.1. The summed E-state index contributed by atoms with van der Waals surface area (Å²) in [5.74, 6) is 0.683. The minimum Gasteiger partial charge on any atom is -0.251 e. The number of aryl methyl sites for hydroxylation is 1. The second kappa shape index (κ2) is 16.1. The maximum Gasteiger partial charge on any atom is 0.0717 e. The van der Waals surface area contributed by atoms with E-state index in [2.05, 4.69) is 200 Å². The van der Waals surface area contributed by atoms with Gasteiger partial charge in [-0.2, -0.15) is 0 Å². The van der Waals surface area contributed by atoms with Crippen LogP contribution in [0.3, 0.4) is 0 Å². The molecule has 0 aliphatic rings. The second-order valence-corrected chi connectivity index (χ2v) is 14.3. The highest BCUT2D eigenvalue weighted by molar-refractivity contribution is 6.41. The first-order chi connectivity index (χ1) is 24.7. The molecule has 0 bridgehead atoms. The van der Waals surface area contributed by atoms with Crippen LogP contribution in [0.5, 0.6) is 0 Å². The smallest absolute Gasteiger partial charge is 0.0717 e. The highest BCUT2D eigenvalue weighted by Gasteiger charge is 2.27. The minimum atomic E-state index is -0.0174. The van der Waals surface area contributed by atoms with E-state index in [-0.39, 0.29) is 11.8 Å². The van der Waals surface area contributed by atoms with Gasteiger partial charge in [0, 0.05) is 11.8 Å². The molecule has 0 amide bonds. The summed E-state index contributed by atoms with van der Waals surface area (Å²) in [6.07, 6.45) is 0. The topological polar surface area (TPSA) is 24.7 Å². The molecule has 0 atom stereocenters. The van der Waals surface area contributed by atoms with Crippen LogP contribution in [0.2, 0.25) is 0 Å². The average molecular weight is 667 g/mol. The van der Waals surface area contributed by atoms with Crippen molar-refractivity contribution in [2.24, 2.45) is 9.98 Å². The van der Waals surface area contributed by atoms with Crippen molar-refractivity contribution in [1.29, 1.82) is 0 Å². The highest BCUT2D eigenvalue weighted by atomic mass is 14.8. The van der Waals surface area contributed by atoms with Crippen LogP contribution in [0.4, 0.5) is 11.4 Å². The molecule has 2 nitrogen and oxygen atoms in total. The fraction of sp³-hybridized carbons (Fsp3) is 0.224. The molecule has 0 aliphatic carbocycles. The van der Waals surface area contributed by atoms with E-state index in [0.29, 0.717) is 11.8 Å². The standard InChI is InChI=1S/C49H50N2/c1-33(2)42-29-20-30-43(34(3)4)48(42)50-36(6)37(7)51-49-44(46(38-21-12-8-13-22-38)39-23-14-9-15-24-39)31-35(5)32-45(49)47(40-25-16-10-17-26-40)41-27-18-11-19-28-41/h8-34,46-47H,1-7H3. The summed E-state index contributed by atoms with van der Waals surface area (Å²) in [6.45, 7) is 15.5. The van der Waals surface area contributed by atoms with Crippen molar-refractivity contribution < 1.29 is 0 Å². The summed E-state index contributed by atoms with van der Waals surface area (Å²) >= 11 is 0. The number of para-hydroxylation sites is 1. The molecule has 0 aromatic heterocycles. The summed E-state index contributed by atoms with van der Waals surface area (Å²) in [4.78, 5) is 11.1. The predicted molar refractivity (Wildman–Crippen MR) is 219 cm³/mol. The Bertz CT molecular complexity index is 1900. The molecule has 256 valence electrons. The van der Waals surface area contributed by atoms with Gasteiger partial charge in [-0.3, -0.25) is 9.98 Å². The maximum atomic E-state index is 5.67. The summed E-state index contributed by atoms with van der Waals surface area (Å²) in [5, 5.41) is 0. The van der Waals surface area contributed by atoms with Crippen molar-refractivity contribution in [2.75, 3.05) is 0 Å². The SMILES string of the molecule is CC(=Nc1c(C(C)C)cccc1C(C)C)C(C)=Nc1c(C(c2ccccc2)c2ccccc2)cc(C)cc1C(c1ccccc1)c1ccccc1. The minimum absolute atomic E-state index is 0.0174. The predicted octanol–water partition coefficient (Wildman–Crippen LogP) is 13.5. The Morgan fingerprint density at radius 3 is 0.980 bits per heavy atom. The van der Waals surface area contributed by atoms with Crippen LogP contribution in [-0.4, -0.2) is 11.4 Å². The van der Waals surface area contributed by atoms with Crippen LogP contribution in [0.25, 0.3) is 0 Å². The number of rotatable bonds is 11. The Labute approximate surface area is 305 Å². The van der Waals surface area contributed by atoms with Gasteiger partial charge in [-0.1, -0.05) is 185 Å². The van der Waals surface area contributed by atoms with Crippen LogP contribution in [0.15, 0.2) is 162 Å². The van der Waals surface area contributed by atoms with E-state index in [1.165, 1.54) is 50.1 Å². The first kappa shape index (κ1) is 35.5. The Balaban J connectivity index is 1.66. The third kappa shape index (κ3) is 8.02. The molecule has 0 fully saturated rings. The van der Waals surface area contributed by atoms with Crippen LogP contribution >= 0.6 is 0 Å². The van der Waals surface area contributed by atoms with E-state index in [1.54, 1.807) is 0 Å². The molecule has 0 heterocycles. The lowest BCUT2D eigenvalue weighted by atomic mass is 9.78. The normalized spacial score (nSPS) is 12.4. The lowest BCUT2D eigenvalue weighted by molar-refractivity contribution is 0.835. The third-order valence-electron chi connectivity index (χ3n) is 9.89. The van der Waals surface area contributed by atoms with Gasteiger partial charge in [-0.05, 0) is 77.1 Å². The number of nitrogens with zero attached hydrogens (tertiary/aromatic N) is 2. The van der Waals surface area contributed by atoms with E-state index in [0.717, 1.165) is 22.8 Å². The fourth-order valence-electron chi connectivity index (χ4n) is 7.23. The molecule has 0 spiro atoms. The number of benzene rings is 6. The van der Waals surface area contributed by atoms with Gasteiger partial charge in [-0.25, -0.2) is 0 Å². The van der Waals surface area contributed by atoms with Crippen molar-refractivity contribution in [2.45, 2.75) is 72.1 Å². The van der Waals surface area contributed by atoms with Gasteiger partial charge in [0.25, 0.3) is 0 Å². The van der Waals surface area contributed by atoms with Gasteiger partial charge in [0.05, 0.1) is 22.8 Å². The van der Waals surface area contributed by atoms with Crippen molar-refractivity contribution in [3.8, 4) is 0 Å². The Hall–Kier alpha value is -5.34. The Morgan fingerprint density at radius 1 is 0.392 bits per heavy atom. The average Bonchev–Trinajstić information content (AvgIpc) is 3.14. The molecule has 6 aromatic rings. The Kier molecular flexibility index (Phi) is 11.2. The lowest BCUT2D eigenvalue weighted by Crippen LogP contribution is -2.12. The van der Waals surface area contributed by atoms with Crippen LogP contribution in [-0.2, 0) is 0 Å². The monoisotopic (exact) mass is 666 g/mol. The number of hydrogen-bond acceptors (Lipinski definition) is 2. The zero-order chi connectivity index (χ0) is 35.9. The van der Waals surface area contributed by atoms with Gasteiger partial charge in [0.15, 0.2) is 0 Å². The summed E-state index contributed by atoms with van der Waals surface area (Å²) < 4.78 is 0. The number of hydrogen-bond donors (Lipinski definition) is 0. The van der Waals surface area contributed by atoms with Gasteiger partial charge in [0.2, 0.25) is 0 Å². The van der Waals surface area contributed by atoms with Crippen LogP contribution < -0.4 is 0 Å². The number of aliphatic imine (C=N–C) groups is 2. The first-order valence-corrected chi connectivity index (χ1v) is 18.3. The maximum absolute atomic E-state index is 5.67. The molecule has 6 rings (SSSR count). The molecular weight excluding hydrogens is 617 g/mol. The van der Waals surface area contributed by atoms with E-state index in [1.807, 2.05) is 0 Å². The van der Waals surface area contributed by atoms with E-state index in [4.69, 9.17) is 9.98 Å². The van der Waals surface area contributed by atoms with Gasteiger partial charge in [0.1, 0.15) is 0 Å². The molecule has 0 aliphatic heterocycles. The largest absolute Gasteiger partial charge is 0.251 e. The lowest BCUT2D eigenvalue weighted by Gasteiger charge is -2.27. The first-order valence-electron chi connectivity index (χ1n) is 18.3. The molecule has 0 saturated carbocycles.